The topological polar surface area (TPSA) is 21.3 Å². The van der Waals surface area contributed by atoms with Gasteiger partial charge in [-0.25, -0.2) is 0 Å². The van der Waals surface area contributed by atoms with Crippen LogP contribution in [0, 0.1) is 0 Å². The van der Waals surface area contributed by atoms with Gasteiger partial charge in [0.25, 0.3) is 0 Å². The Labute approximate surface area is 406 Å². The summed E-state index contributed by atoms with van der Waals surface area (Å²) in [4.78, 5) is 2.44. The molecule has 2 heterocycles. The molecule has 0 fully saturated rings. The molecule has 13 aromatic rings. The molecule has 14 rings (SSSR count). The number of benzene rings is 11. The fraction of sp³-hybridized carbons (Fsp3) is 0.0149. The number of hydrogen-bond donors (Lipinski definition) is 0. The second kappa shape index (κ2) is 16.0. The molecule has 11 aromatic carbocycles. The summed E-state index contributed by atoms with van der Waals surface area (Å²) < 4.78 is 9.17. The lowest BCUT2D eigenvalue weighted by Gasteiger charge is -2.35. The first-order valence-electron chi connectivity index (χ1n) is 24.1. The van der Waals surface area contributed by atoms with Gasteiger partial charge in [0.2, 0.25) is 0 Å². The molecule has 0 amide bonds. The number of aromatic nitrogens is 1. The van der Waals surface area contributed by atoms with E-state index in [-0.39, 0.29) is 0 Å². The zero-order chi connectivity index (χ0) is 46.2. The molecule has 0 N–H and O–H groups in total. The molecule has 1 aliphatic rings. The van der Waals surface area contributed by atoms with Crippen molar-refractivity contribution in [3.05, 3.63) is 289 Å². The summed E-state index contributed by atoms with van der Waals surface area (Å²) >= 11 is 0. The monoisotopic (exact) mass is 892 g/mol. The number of anilines is 3. The maximum Gasteiger partial charge on any atom is 0.137 e. The second-order valence-corrected chi connectivity index (χ2v) is 18.4. The van der Waals surface area contributed by atoms with Gasteiger partial charge in [-0.05, 0) is 134 Å². The maximum atomic E-state index is 6.80. The molecule has 1 aliphatic carbocycles. The Bertz CT molecular complexity index is 4060. The number of nitrogens with zero attached hydrogens (tertiary/aromatic N) is 2. The third kappa shape index (κ3) is 6.08. The smallest absolute Gasteiger partial charge is 0.137 e. The second-order valence-electron chi connectivity index (χ2n) is 18.4. The molecule has 0 atom stereocenters. The predicted molar refractivity (Wildman–Crippen MR) is 291 cm³/mol. The van der Waals surface area contributed by atoms with Crippen molar-refractivity contribution >= 4 is 60.8 Å². The Morgan fingerprint density at radius 2 is 0.914 bits per heavy atom. The largest absolute Gasteiger partial charge is 0.456 e. The van der Waals surface area contributed by atoms with Crippen LogP contribution in [0.5, 0.6) is 0 Å². The van der Waals surface area contributed by atoms with Crippen LogP contribution in [0.4, 0.5) is 17.1 Å². The number of hydrogen-bond acceptors (Lipinski definition) is 2. The van der Waals surface area contributed by atoms with Crippen molar-refractivity contribution in [3.63, 3.8) is 0 Å². The van der Waals surface area contributed by atoms with Crippen LogP contribution < -0.4 is 4.90 Å². The van der Waals surface area contributed by atoms with Crippen LogP contribution in [0.1, 0.15) is 22.3 Å². The van der Waals surface area contributed by atoms with E-state index in [4.69, 9.17) is 4.42 Å². The SMILES string of the molecule is c1ccc(-c2ccc(N(c3ccc4c(c3)C(c3ccccc3)(c3ccccc3)c3ccccc3-4)c3cccc4oc5ccc(-c6ccc7c(c6)c6ccccc6n7-c6ccccc6)cc5c34)cc2)cc1. The van der Waals surface area contributed by atoms with Crippen LogP contribution in [-0.4, -0.2) is 4.57 Å². The fourth-order valence-electron chi connectivity index (χ4n) is 11.6. The highest BCUT2D eigenvalue weighted by molar-refractivity contribution is 6.15. The first kappa shape index (κ1) is 39.9. The quantitative estimate of drug-likeness (QED) is 0.152. The molecule has 0 spiro atoms. The zero-order valence-electron chi connectivity index (χ0n) is 38.2. The molecule has 328 valence electrons. The van der Waals surface area contributed by atoms with Gasteiger partial charge in [0, 0.05) is 33.2 Å². The fourth-order valence-corrected chi connectivity index (χ4v) is 11.6. The molecule has 3 nitrogen and oxygen atoms in total. The summed E-state index contributed by atoms with van der Waals surface area (Å²) in [6.45, 7) is 0. The van der Waals surface area contributed by atoms with E-state index in [0.717, 1.165) is 55.8 Å². The van der Waals surface area contributed by atoms with Gasteiger partial charge in [0.1, 0.15) is 11.2 Å². The first-order chi connectivity index (χ1) is 34.7. The van der Waals surface area contributed by atoms with Crippen molar-refractivity contribution in [3.8, 4) is 39.1 Å². The van der Waals surface area contributed by atoms with Gasteiger partial charge < -0.3 is 13.9 Å². The average molecular weight is 893 g/mol. The average Bonchev–Trinajstić information content (AvgIpc) is 4.08. The van der Waals surface area contributed by atoms with Gasteiger partial charge in [0.05, 0.1) is 27.5 Å². The van der Waals surface area contributed by atoms with Gasteiger partial charge in [-0.1, -0.05) is 188 Å². The molecule has 2 aromatic heterocycles. The Morgan fingerprint density at radius 1 is 0.343 bits per heavy atom. The van der Waals surface area contributed by atoms with E-state index >= 15 is 0 Å². The zero-order valence-corrected chi connectivity index (χ0v) is 38.2. The van der Waals surface area contributed by atoms with Crippen LogP contribution in [0.2, 0.25) is 0 Å². The Balaban J connectivity index is 0.986. The maximum absolute atomic E-state index is 6.80. The van der Waals surface area contributed by atoms with Crippen molar-refractivity contribution in [1.82, 2.24) is 4.57 Å². The summed E-state index contributed by atoms with van der Waals surface area (Å²) in [5.74, 6) is 0. The van der Waals surface area contributed by atoms with E-state index < -0.39 is 5.41 Å². The lowest BCUT2D eigenvalue weighted by molar-refractivity contribution is 0.669. The van der Waals surface area contributed by atoms with Crippen molar-refractivity contribution in [1.29, 1.82) is 0 Å². The Hall–Kier alpha value is -9.18. The third-order valence-corrected chi connectivity index (χ3v) is 14.7. The molecule has 3 heteroatoms. The van der Waals surface area contributed by atoms with E-state index in [0.29, 0.717) is 0 Å². The van der Waals surface area contributed by atoms with Crippen molar-refractivity contribution < 1.29 is 4.42 Å². The van der Waals surface area contributed by atoms with Crippen LogP contribution in [0.25, 0.3) is 82.8 Å². The molecule has 0 saturated carbocycles. The van der Waals surface area contributed by atoms with Crippen molar-refractivity contribution in [2.75, 3.05) is 4.90 Å². The van der Waals surface area contributed by atoms with Gasteiger partial charge in [-0.15, -0.1) is 0 Å². The van der Waals surface area contributed by atoms with Crippen LogP contribution in [-0.2, 0) is 5.41 Å². The normalized spacial score (nSPS) is 12.7. The van der Waals surface area contributed by atoms with Gasteiger partial charge in [-0.3, -0.25) is 0 Å². The predicted octanol–water partition coefficient (Wildman–Crippen LogP) is 17.8. The molecular weight excluding hydrogens is 849 g/mol. The summed E-state index contributed by atoms with van der Waals surface area (Å²) in [7, 11) is 0. The van der Waals surface area contributed by atoms with Gasteiger partial charge in [-0.2, -0.15) is 0 Å². The lowest BCUT2D eigenvalue weighted by Crippen LogP contribution is -2.28. The van der Waals surface area contributed by atoms with E-state index in [9.17, 15) is 0 Å². The van der Waals surface area contributed by atoms with Crippen molar-refractivity contribution in [2.24, 2.45) is 0 Å². The van der Waals surface area contributed by atoms with Crippen LogP contribution >= 0.6 is 0 Å². The third-order valence-electron chi connectivity index (χ3n) is 14.7. The molecule has 0 radical (unpaired) electrons. The Morgan fingerprint density at radius 3 is 1.67 bits per heavy atom. The number of rotatable bonds is 8. The van der Waals surface area contributed by atoms with Gasteiger partial charge >= 0.3 is 0 Å². The molecule has 70 heavy (non-hydrogen) atoms. The molecule has 0 bridgehead atoms. The summed E-state index contributed by atoms with van der Waals surface area (Å²) in [6, 6.07) is 97.2. The molecule has 0 saturated heterocycles. The lowest BCUT2D eigenvalue weighted by atomic mass is 9.67. The highest BCUT2D eigenvalue weighted by atomic mass is 16.3. The van der Waals surface area contributed by atoms with E-state index in [1.807, 2.05) is 0 Å². The molecular formula is C67H44N2O. The van der Waals surface area contributed by atoms with E-state index in [1.54, 1.807) is 0 Å². The highest BCUT2D eigenvalue weighted by Crippen LogP contribution is 2.57. The summed E-state index contributed by atoms with van der Waals surface area (Å²) in [6.07, 6.45) is 0. The van der Waals surface area contributed by atoms with Crippen LogP contribution in [0.3, 0.4) is 0 Å². The standard InChI is InChI=1S/C67H44N2O/c1-5-18-45(19-6-1)46-32-36-52(37-33-46)68(53-38-39-55-54-26-13-15-28-59(54)67(60(55)44-53,49-20-7-2-8-21-49)50-22-9-3-10-23-50)63-30-17-31-65-66(63)58-43-48(35-41-64(58)70-65)47-34-40-62-57(42-47)56-27-14-16-29-61(56)69(62)51-24-11-4-12-25-51/h1-44H. The Kier molecular flexibility index (Phi) is 9.11. The summed E-state index contributed by atoms with van der Waals surface area (Å²) in [5, 5.41) is 4.59. The highest BCUT2D eigenvalue weighted by Gasteiger charge is 2.46. The van der Waals surface area contributed by atoms with Crippen LogP contribution in [0.15, 0.2) is 271 Å². The van der Waals surface area contributed by atoms with E-state index in [2.05, 4.69) is 276 Å². The first-order valence-corrected chi connectivity index (χ1v) is 24.1. The summed E-state index contributed by atoms with van der Waals surface area (Å²) in [5.41, 5.74) is 20.0. The van der Waals surface area contributed by atoms with Gasteiger partial charge in [0.15, 0.2) is 0 Å². The number of furan rings is 1. The van der Waals surface area contributed by atoms with E-state index in [1.165, 1.54) is 66.3 Å². The minimum atomic E-state index is -0.551. The molecule has 0 unspecified atom stereocenters. The minimum absolute atomic E-state index is 0.551. The number of fused-ring (bicyclic) bond motifs is 9. The minimum Gasteiger partial charge on any atom is -0.456 e. The number of para-hydroxylation sites is 2. The van der Waals surface area contributed by atoms with Crippen molar-refractivity contribution in [2.45, 2.75) is 5.41 Å². The molecule has 0 aliphatic heterocycles.